The third-order valence-corrected chi connectivity index (χ3v) is 3.39. The minimum Gasteiger partial charge on any atom is -0.487 e. The average Bonchev–Trinajstić information content (AvgIpc) is 3.29. The smallest absolute Gasteiger partial charge is 0.314 e. The molecular weight excluding hydrogens is 334 g/mol. The lowest BCUT2D eigenvalue weighted by molar-refractivity contribution is 0.116. The Morgan fingerprint density at radius 2 is 2.00 bits per heavy atom. The zero-order valence-electron chi connectivity index (χ0n) is 12.6. The lowest BCUT2D eigenvalue weighted by Gasteiger charge is -2.05. The predicted molar refractivity (Wildman–Crippen MR) is 80.8 cm³/mol. The van der Waals surface area contributed by atoms with Gasteiger partial charge >= 0.3 is 6.43 Å². The van der Waals surface area contributed by atoms with Crippen LogP contribution in [-0.4, -0.2) is 20.2 Å². The molecule has 0 spiro atoms. The molecule has 0 atom stereocenters. The van der Waals surface area contributed by atoms with Gasteiger partial charge in [0, 0.05) is 12.3 Å². The van der Waals surface area contributed by atoms with E-state index in [1.54, 1.807) is 30.3 Å². The number of nitrogens with zero attached hydrogens (tertiary/aromatic N) is 4. The summed E-state index contributed by atoms with van der Waals surface area (Å²) < 4.78 is 40.6. The fourth-order valence-electron chi connectivity index (χ4n) is 2.16. The van der Waals surface area contributed by atoms with Crippen LogP contribution in [0.25, 0.3) is 22.6 Å². The number of oxazole rings is 1. The van der Waals surface area contributed by atoms with Gasteiger partial charge in [-0.2, -0.15) is 8.78 Å². The van der Waals surface area contributed by atoms with Crippen LogP contribution in [0.15, 0.2) is 51.8 Å². The maximum Gasteiger partial charge on any atom is 0.314 e. The number of fused-ring (bicyclic) bond motifs is 1. The Hall–Kier alpha value is -3.36. The molecule has 7 nitrogen and oxygen atoms in total. The molecule has 1 aromatic carbocycles. The highest BCUT2D eigenvalue weighted by Gasteiger charge is 2.17. The summed E-state index contributed by atoms with van der Waals surface area (Å²) in [7, 11) is 0. The first-order valence-electron chi connectivity index (χ1n) is 7.22. The van der Waals surface area contributed by atoms with E-state index in [1.165, 1.54) is 12.6 Å². The van der Waals surface area contributed by atoms with Crippen LogP contribution >= 0.6 is 0 Å². The van der Waals surface area contributed by atoms with Crippen molar-refractivity contribution in [3.63, 3.8) is 0 Å². The number of hydrogen-bond acceptors (Lipinski definition) is 7. The molecule has 0 aliphatic heterocycles. The standard InChI is InChI=1S/C16H10F2N4O3/c17-14(18)16-22-21-15(25-16)9-1-2-10(19-6-9)7-23-11-3-4-13-12(5-11)20-8-24-13/h1-6,8,14H,7H2. The molecule has 0 amide bonds. The lowest BCUT2D eigenvalue weighted by Crippen LogP contribution is -1.98. The van der Waals surface area contributed by atoms with Crippen LogP contribution in [0.2, 0.25) is 0 Å². The van der Waals surface area contributed by atoms with Crippen LogP contribution in [-0.2, 0) is 6.61 Å². The monoisotopic (exact) mass is 344 g/mol. The molecule has 0 N–H and O–H groups in total. The molecule has 0 aliphatic carbocycles. The Balaban J connectivity index is 1.44. The molecule has 4 aromatic rings. The zero-order chi connectivity index (χ0) is 17.2. The third kappa shape index (κ3) is 3.16. The fraction of sp³-hybridized carbons (Fsp3) is 0.125. The minimum absolute atomic E-state index is 0.00764. The third-order valence-electron chi connectivity index (χ3n) is 3.39. The van der Waals surface area contributed by atoms with Crippen molar-refractivity contribution < 1.29 is 22.4 Å². The van der Waals surface area contributed by atoms with Crippen LogP contribution in [0.4, 0.5) is 8.78 Å². The predicted octanol–water partition coefficient (Wildman–Crippen LogP) is 3.79. The van der Waals surface area contributed by atoms with E-state index in [-0.39, 0.29) is 12.5 Å². The van der Waals surface area contributed by atoms with Gasteiger partial charge in [0.25, 0.3) is 5.89 Å². The highest BCUT2D eigenvalue weighted by atomic mass is 19.3. The van der Waals surface area contributed by atoms with E-state index < -0.39 is 12.3 Å². The van der Waals surface area contributed by atoms with Gasteiger partial charge < -0.3 is 13.6 Å². The highest BCUT2D eigenvalue weighted by Crippen LogP contribution is 2.23. The quantitative estimate of drug-likeness (QED) is 0.544. The number of pyridine rings is 1. The number of halogens is 2. The Bertz CT molecular complexity index is 998. The molecule has 126 valence electrons. The molecule has 3 aromatic heterocycles. The van der Waals surface area contributed by atoms with Gasteiger partial charge in [-0.3, -0.25) is 4.98 Å². The van der Waals surface area contributed by atoms with Crippen molar-refractivity contribution in [2.75, 3.05) is 0 Å². The summed E-state index contributed by atoms with van der Waals surface area (Å²) >= 11 is 0. The van der Waals surface area contributed by atoms with E-state index in [0.717, 1.165) is 0 Å². The number of alkyl halides is 2. The van der Waals surface area contributed by atoms with Crippen LogP contribution in [0.5, 0.6) is 5.75 Å². The maximum absolute atomic E-state index is 12.5. The Labute approximate surface area is 139 Å². The second-order valence-corrected chi connectivity index (χ2v) is 5.05. The number of aromatic nitrogens is 4. The van der Waals surface area contributed by atoms with E-state index >= 15 is 0 Å². The van der Waals surface area contributed by atoms with Gasteiger partial charge in [0.15, 0.2) is 12.0 Å². The van der Waals surface area contributed by atoms with Crippen molar-refractivity contribution in [2.24, 2.45) is 0 Å². The largest absolute Gasteiger partial charge is 0.487 e. The van der Waals surface area contributed by atoms with Crippen molar-refractivity contribution in [1.29, 1.82) is 0 Å². The molecule has 25 heavy (non-hydrogen) atoms. The summed E-state index contributed by atoms with van der Waals surface area (Å²) in [5, 5.41) is 6.85. The summed E-state index contributed by atoms with van der Waals surface area (Å²) in [6, 6.07) is 8.64. The van der Waals surface area contributed by atoms with E-state index in [4.69, 9.17) is 13.6 Å². The average molecular weight is 344 g/mol. The fourth-order valence-corrected chi connectivity index (χ4v) is 2.16. The van der Waals surface area contributed by atoms with Crippen LogP contribution in [0, 0.1) is 0 Å². The Morgan fingerprint density at radius 1 is 1.08 bits per heavy atom. The van der Waals surface area contributed by atoms with Gasteiger partial charge in [-0.15, -0.1) is 10.2 Å². The van der Waals surface area contributed by atoms with E-state index in [1.807, 2.05) is 0 Å². The van der Waals surface area contributed by atoms with Crippen molar-refractivity contribution in [3.8, 4) is 17.2 Å². The summed E-state index contributed by atoms with van der Waals surface area (Å²) in [4.78, 5) is 8.26. The van der Waals surface area contributed by atoms with Crippen molar-refractivity contribution in [2.45, 2.75) is 13.0 Å². The van der Waals surface area contributed by atoms with Gasteiger partial charge in [0.1, 0.15) is 17.9 Å². The molecule has 0 saturated carbocycles. The van der Waals surface area contributed by atoms with Crippen LogP contribution < -0.4 is 4.74 Å². The molecule has 9 heteroatoms. The molecule has 0 saturated heterocycles. The van der Waals surface area contributed by atoms with Gasteiger partial charge in [-0.05, 0) is 24.3 Å². The molecule has 0 unspecified atom stereocenters. The highest BCUT2D eigenvalue weighted by molar-refractivity contribution is 5.73. The van der Waals surface area contributed by atoms with Gasteiger partial charge in [-0.1, -0.05) is 0 Å². The number of benzene rings is 1. The lowest BCUT2D eigenvalue weighted by atomic mass is 10.2. The Morgan fingerprint density at radius 3 is 2.76 bits per heavy atom. The molecule has 0 bridgehead atoms. The normalized spacial score (nSPS) is 11.3. The second kappa shape index (κ2) is 6.27. The molecule has 3 heterocycles. The van der Waals surface area contributed by atoms with E-state index in [2.05, 4.69) is 20.2 Å². The first-order valence-corrected chi connectivity index (χ1v) is 7.22. The van der Waals surface area contributed by atoms with Gasteiger partial charge in [0.05, 0.1) is 11.3 Å². The summed E-state index contributed by atoms with van der Waals surface area (Å²) in [5.74, 6) is -0.0943. The minimum atomic E-state index is -2.80. The molecule has 0 aliphatic rings. The summed E-state index contributed by atoms with van der Waals surface area (Å²) in [5.41, 5.74) is 2.48. The van der Waals surface area contributed by atoms with Gasteiger partial charge in [-0.25, -0.2) is 4.98 Å². The SMILES string of the molecule is FC(F)c1nnc(-c2ccc(COc3ccc4ocnc4c3)nc2)o1. The maximum atomic E-state index is 12.5. The zero-order valence-corrected chi connectivity index (χ0v) is 12.6. The number of rotatable bonds is 5. The first-order chi connectivity index (χ1) is 12.2. The Kier molecular flexibility index (Phi) is 3.81. The topological polar surface area (TPSA) is 87.1 Å². The van der Waals surface area contributed by atoms with Gasteiger partial charge in [0.2, 0.25) is 5.89 Å². The summed E-state index contributed by atoms with van der Waals surface area (Å²) in [6.07, 6.45) is 0.0255. The van der Waals surface area contributed by atoms with Crippen LogP contribution in [0.3, 0.4) is 0 Å². The summed E-state index contributed by atoms with van der Waals surface area (Å²) in [6.45, 7) is 0.232. The second-order valence-electron chi connectivity index (χ2n) is 5.05. The van der Waals surface area contributed by atoms with Crippen molar-refractivity contribution >= 4 is 11.1 Å². The first kappa shape index (κ1) is 15.2. The van der Waals surface area contributed by atoms with Crippen LogP contribution in [0.1, 0.15) is 18.0 Å². The number of ether oxygens (including phenoxy) is 1. The van der Waals surface area contributed by atoms with Crippen molar-refractivity contribution in [1.82, 2.24) is 20.2 Å². The molecular formula is C16H10F2N4O3. The molecule has 0 radical (unpaired) electrons. The van der Waals surface area contributed by atoms with E-state index in [9.17, 15) is 8.78 Å². The number of hydrogen-bond donors (Lipinski definition) is 0. The van der Waals surface area contributed by atoms with Crippen molar-refractivity contribution in [3.05, 3.63) is 54.5 Å². The van der Waals surface area contributed by atoms with E-state index in [0.29, 0.717) is 28.1 Å². The molecule has 0 fully saturated rings. The molecule has 4 rings (SSSR count).